The maximum absolute atomic E-state index is 13.0. The van der Waals surface area contributed by atoms with Crippen molar-refractivity contribution >= 4 is 25.7 Å². The highest BCUT2D eigenvalue weighted by Gasteiger charge is 2.33. The van der Waals surface area contributed by atoms with E-state index in [1.165, 1.54) is 4.68 Å². The van der Waals surface area contributed by atoms with Gasteiger partial charge in [-0.15, -0.1) is 0 Å². The van der Waals surface area contributed by atoms with E-state index >= 15 is 0 Å². The summed E-state index contributed by atoms with van der Waals surface area (Å²) in [5.74, 6) is 0.220. The number of H-pyrrole nitrogens is 1. The zero-order valence-electron chi connectivity index (χ0n) is 16.0. The Balaban J connectivity index is 1.78. The lowest BCUT2D eigenvalue weighted by Gasteiger charge is -2.14. The number of anilines is 1. The van der Waals surface area contributed by atoms with Crippen molar-refractivity contribution in [3.05, 3.63) is 47.8 Å². The summed E-state index contributed by atoms with van der Waals surface area (Å²) in [6.45, 7) is 3.24. The molecule has 0 amide bonds. The van der Waals surface area contributed by atoms with Crippen LogP contribution in [0.1, 0.15) is 23.9 Å². The molecular formula is C18H21N5O4S2. The number of nitrogens with one attached hydrogen (secondary N) is 2. The Hall–Kier alpha value is -2.66. The zero-order chi connectivity index (χ0) is 20.8. The van der Waals surface area contributed by atoms with E-state index in [0.29, 0.717) is 23.5 Å². The lowest BCUT2D eigenvalue weighted by atomic mass is 10.2. The third kappa shape index (κ3) is 3.79. The third-order valence-corrected chi connectivity index (χ3v) is 8.30. The highest BCUT2D eigenvalue weighted by molar-refractivity contribution is 7.92. The molecule has 1 aliphatic heterocycles. The van der Waals surface area contributed by atoms with Crippen molar-refractivity contribution in [1.29, 1.82) is 0 Å². The number of aromatic nitrogens is 4. The number of hydrogen-bond acceptors (Lipinski definition) is 6. The van der Waals surface area contributed by atoms with Crippen LogP contribution >= 0.6 is 0 Å². The Bertz CT molecular complexity index is 1240. The van der Waals surface area contributed by atoms with Crippen molar-refractivity contribution in [3.63, 3.8) is 0 Å². The molecule has 0 saturated carbocycles. The van der Waals surface area contributed by atoms with Gasteiger partial charge in [0.15, 0.2) is 9.84 Å². The third-order valence-electron chi connectivity index (χ3n) is 4.93. The van der Waals surface area contributed by atoms with Gasteiger partial charge in [-0.1, -0.05) is 30.3 Å². The number of nitrogens with zero attached hydrogens (tertiary/aromatic N) is 3. The van der Waals surface area contributed by atoms with Crippen LogP contribution in [0.4, 0.5) is 5.82 Å². The average molecular weight is 436 g/mol. The number of rotatable bonds is 5. The second kappa shape index (κ2) is 6.99. The van der Waals surface area contributed by atoms with Crippen molar-refractivity contribution in [3.8, 4) is 11.3 Å². The molecule has 2 aromatic heterocycles. The van der Waals surface area contributed by atoms with Crippen molar-refractivity contribution in [1.82, 2.24) is 20.0 Å². The molecule has 1 unspecified atom stereocenters. The second-order valence-electron chi connectivity index (χ2n) is 7.15. The molecule has 0 aliphatic carbocycles. The van der Waals surface area contributed by atoms with E-state index in [2.05, 4.69) is 20.0 Å². The number of hydrogen-bond donors (Lipinski definition) is 2. The van der Waals surface area contributed by atoms with Crippen LogP contribution in [-0.4, -0.2) is 48.3 Å². The molecule has 1 fully saturated rings. The van der Waals surface area contributed by atoms with E-state index in [4.69, 9.17) is 0 Å². The predicted octanol–water partition coefficient (Wildman–Crippen LogP) is 2.05. The van der Waals surface area contributed by atoms with Crippen LogP contribution in [0.2, 0.25) is 0 Å². The summed E-state index contributed by atoms with van der Waals surface area (Å²) in [6.07, 6.45) is 0.386. The van der Waals surface area contributed by atoms with Gasteiger partial charge in [0, 0.05) is 11.6 Å². The Morgan fingerprint density at radius 3 is 2.52 bits per heavy atom. The summed E-state index contributed by atoms with van der Waals surface area (Å²) in [7, 11) is -7.10. The molecule has 154 valence electrons. The van der Waals surface area contributed by atoms with Crippen LogP contribution in [0, 0.1) is 13.8 Å². The van der Waals surface area contributed by atoms with E-state index in [0.717, 1.165) is 5.56 Å². The first-order valence-electron chi connectivity index (χ1n) is 9.06. The van der Waals surface area contributed by atoms with E-state index in [1.807, 2.05) is 30.3 Å². The van der Waals surface area contributed by atoms with Gasteiger partial charge in [-0.25, -0.2) is 21.5 Å². The molecule has 29 heavy (non-hydrogen) atoms. The van der Waals surface area contributed by atoms with Crippen LogP contribution in [0.3, 0.4) is 0 Å². The normalized spacial score (nSPS) is 18.8. The van der Waals surface area contributed by atoms with Gasteiger partial charge in [0.1, 0.15) is 10.7 Å². The van der Waals surface area contributed by atoms with Gasteiger partial charge in [-0.05, 0) is 20.3 Å². The van der Waals surface area contributed by atoms with Crippen LogP contribution in [-0.2, 0) is 19.9 Å². The molecule has 2 N–H and O–H groups in total. The SMILES string of the molecule is Cc1n[nH]c(C)c1S(=O)(=O)Nc1cc(-c2ccccc2)nn1C1CCS(=O)(=O)C1. The number of aromatic amines is 1. The van der Waals surface area contributed by atoms with Gasteiger partial charge in [-0.3, -0.25) is 9.82 Å². The van der Waals surface area contributed by atoms with Crippen LogP contribution < -0.4 is 4.72 Å². The summed E-state index contributed by atoms with van der Waals surface area (Å²) in [4.78, 5) is 0.0746. The van der Waals surface area contributed by atoms with E-state index in [1.54, 1.807) is 19.9 Å². The van der Waals surface area contributed by atoms with E-state index < -0.39 is 25.9 Å². The summed E-state index contributed by atoms with van der Waals surface area (Å²) in [5, 5.41) is 11.2. The van der Waals surface area contributed by atoms with E-state index in [9.17, 15) is 16.8 Å². The molecule has 1 aliphatic rings. The minimum absolute atomic E-state index is 0.0599. The quantitative estimate of drug-likeness (QED) is 0.631. The molecule has 11 heteroatoms. The van der Waals surface area contributed by atoms with Gasteiger partial charge in [0.25, 0.3) is 10.0 Å². The fourth-order valence-electron chi connectivity index (χ4n) is 3.59. The van der Waals surface area contributed by atoms with Gasteiger partial charge < -0.3 is 0 Å². The van der Waals surface area contributed by atoms with Gasteiger partial charge in [0.2, 0.25) is 0 Å². The van der Waals surface area contributed by atoms with E-state index in [-0.39, 0.29) is 22.2 Å². The first kappa shape index (κ1) is 19.6. The molecule has 0 spiro atoms. The molecule has 1 saturated heterocycles. The lowest BCUT2D eigenvalue weighted by molar-refractivity contribution is 0.507. The fraction of sp³-hybridized carbons (Fsp3) is 0.333. The summed E-state index contributed by atoms with van der Waals surface area (Å²) in [5.41, 5.74) is 2.15. The van der Waals surface area contributed by atoms with Crippen molar-refractivity contribution in [2.75, 3.05) is 16.2 Å². The average Bonchev–Trinajstić information content (AvgIpc) is 3.32. The van der Waals surface area contributed by atoms with Gasteiger partial charge in [-0.2, -0.15) is 10.2 Å². The number of sulfonamides is 1. The maximum Gasteiger partial charge on any atom is 0.266 e. The minimum atomic E-state index is -3.94. The van der Waals surface area contributed by atoms with Crippen molar-refractivity contribution < 1.29 is 16.8 Å². The maximum atomic E-state index is 13.0. The Morgan fingerprint density at radius 1 is 1.21 bits per heavy atom. The van der Waals surface area contributed by atoms with Gasteiger partial charge >= 0.3 is 0 Å². The first-order chi connectivity index (χ1) is 13.7. The van der Waals surface area contributed by atoms with Crippen LogP contribution in [0.15, 0.2) is 41.3 Å². The fourth-order valence-corrected chi connectivity index (χ4v) is 6.70. The van der Waals surface area contributed by atoms with Gasteiger partial charge in [0.05, 0.1) is 34.6 Å². The summed E-state index contributed by atoms with van der Waals surface area (Å²) < 4.78 is 54.0. The molecule has 0 radical (unpaired) electrons. The predicted molar refractivity (Wildman–Crippen MR) is 109 cm³/mol. The van der Waals surface area contributed by atoms with Crippen molar-refractivity contribution in [2.24, 2.45) is 0 Å². The molecule has 9 nitrogen and oxygen atoms in total. The summed E-state index contributed by atoms with van der Waals surface area (Å²) in [6, 6.07) is 10.5. The molecule has 3 aromatic rings. The number of benzene rings is 1. The Labute approximate surface area is 169 Å². The Morgan fingerprint density at radius 2 is 1.93 bits per heavy atom. The molecule has 1 aromatic carbocycles. The van der Waals surface area contributed by atoms with Crippen molar-refractivity contribution in [2.45, 2.75) is 31.2 Å². The standard InChI is InChI=1S/C18H21N5O4S2/c1-12-18(13(2)20-19-12)29(26,27)22-17-10-16(14-6-4-3-5-7-14)21-23(17)15-8-9-28(24,25)11-15/h3-7,10,15,22H,8-9,11H2,1-2H3,(H,19,20). The second-order valence-corrected chi connectivity index (χ2v) is 11.0. The largest absolute Gasteiger partial charge is 0.281 e. The number of sulfone groups is 1. The lowest BCUT2D eigenvalue weighted by Crippen LogP contribution is -2.20. The molecule has 1 atom stereocenters. The number of aryl methyl sites for hydroxylation is 2. The highest BCUT2D eigenvalue weighted by Crippen LogP contribution is 2.31. The first-order valence-corrected chi connectivity index (χ1v) is 12.4. The molecule has 4 rings (SSSR count). The topological polar surface area (TPSA) is 127 Å². The smallest absolute Gasteiger partial charge is 0.266 e. The summed E-state index contributed by atoms with van der Waals surface area (Å²) >= 11 is 0. The monoisotopic (exact) mass is 435 g/mol. The molecular weight excluding hydrogens is 414 g/mol. The minimum Gasteiger partial charge on any atom is -0.281 e. The highest BCUT2D eigenvalue weighted by atomic mass is 32.2. The molecule has 3 heterocycles. The van der Waals surface area contributed by atoms with Crippen LogP contribution in [0.25, 0.3) is 11.3 Å². The molecule has 0 bridgehead atoms. The Kier molecular flexibility index (Phi) is 4.74. The van der Waals surface area contributed by atoms with Crippen LogP contribution in [0.5, 0.6) is 0 Å². The zero-order valence-corrected chi connectivity index (χ0v) is 17.6.